The van der Waals surface area contributed by atoms with Gasteiger partial charge in [0, 0.05) is 16.8 Å². The number of fused-ring (bicyclic) bond motifs is 1. The van der Waals surface area contributed by atoms with Crippen LogP contribution in [0.1, 0.15) is 18.2 Å². The Morgan fingerprint density at radius 2 is 2.14 bits per heavy atom. The lowest BCUT2D eigenvalue weighted by Crippen LogP contribution is -1.95. The maximum atomic E-state index is 5.96. The molecule has 0 aliphatic carbocycles. The zero-order valence-electron chi connectivity index (χ0n) is 8.54. The number of aromatic nitrogens is 1. The van der Waals surface area contributed by atoms with Crippen LogP contribution in [-0.2, 0) is 6.42 Å². The van der Waals surface area contributed by atoms with Gasteiger partial charge in [0.1, 0.15) is 0 Å². The first-order valence-electron chi connectivity index (χ1n) is 4.87. The van der Waals surface area contributed by atoms with Gasteiger partial charge in [-0.1, -0.05) is 25.1 Å². The highest BCUT2D eigenvalue weighted by atomic mass is 14.7. The summed E-state index contributed by atoms with van der Waals surface area (Å²) in [5.41, 5.74) is 10.1. The first-order chi connectivity index (χ1) is 6.72. The van der Waals surface area contributed by atoms with Crippen molar-refractivity contribution in [2.75, 3.05) is 5.73 Å². The first-order valence-corrected chi connectivity index (χ1v) is 4.87. The Hall–Kier alpha value is -1.57. The monoisotopic (exact) mass is 186 g/mol. The molecule has 0 radical (unpaired) electrons. The Morgan fingerprint density at radius 1 is 1.36 bits per heavy atom. The van der Waals surface area contributed by atoms with Crippen molar-refractivity contribution in [3.63, 3.8) is 0 Å². The fourth-order valence-corrected chi connectivity index (χ4v) is 1.65. The molecule has 1 aromatic carbocycles. The molecule has 0 atom stereocenters. The van der Waals surface area contributed by atoms with Crippen LogP contribution in [0.2, 0.25) is 0 Å². The Morgan fingerprint density at radius 3 is 2.86 bits per heavy atom. The van der Waals surface area contributed by atoms with Crippen LogP contribution in [0.4, 0.5) is 5.69 Å². The van der Waals surface area contributed by atoms with Crippen LogP contribution in [0.15, 0.2) is 24.3 Å². The smallest absolute Gasteiger partial charge is 0.0755 e. The van der Waals surface area contributed by atoms with Crippen molar-refractivity contribution in [1.29, 1.82) is 0 Å². The molecule has 0 aliphatic rings. The molecule has 72 valence electrons. The fraction of sp³-hybridized carbons (Fsp3) is 0.250. The van der Waals surface area contributed by atoms with E-state index in [1.54, 1.807) is 0 Å². The van der Waals surface area contributed by atoms with Gasteiger partial charge in [-0.25, -0.2) is 0 Å². The highest BCUT2D eigenvalue weighted by Gasteiger charge is 2.03. The summed E-state index contributed by atoms with van der Waals surface area (Å²) in [4.78, 5) is 4.57. The molecule has 0 aliphatic heterocycles. The normalized spacial score (nSPS) is 10.7. The van der Waals surface area contributed by atoms with Crippen LogP contribution >= 0.6 is 0 Å². The van der Waals surface area contributed by atoms with Gasteiger partial charge >= 0.3 is 0 Å². The van der Waals surface area contributed by atoms with Gasteiger partial charge in [-0.2, -0.15) is 0 Å². The predicted octanol–water partition coefficient (Wildman–Crippen LogP) is 2.69. The maximum absolute atomic E-state index is 5.96. The Balaban J connectivity index is 2.83. The van der Waals surface area contributed by atoms with E-state index >= 15 is 0 Å². The molecule has 2 N–H and O–H groups in total. The Kier molecular flexibility index (Phi) is 2.12. The lowest BCUT2D eigenvalue weighted by atomic mass is 10.1. The molecule has 2 heteroatoms. The van der Waals surface area contributed by atoms with Crippen molar-refractivity contribution in [3.05, 3.63) is 35.5 Å². The van der Waals surface area contributed by atoms with Gasteiger partial charge in [-0.15, -0.1) is 0 Å². The van der Waals surface area contributed by atoms with E-state index in [1.165, 1.54) is 5.56 Å². The zero-order valence-corrected chi connectivity index (χ0v) is 8.54. The topological polar surface area (TPSA) is 38.9 Å². The second-order valence-electron chi connectivity index (χ2n) is 3.53. The molecular weight excluding hydrogens is 172 g/mol. The first kappa shape index (κ1) is 9.00. The van der Waals surface area contributed by atoms with E-state index in [2.05, 4.69) is 24.9 Å². The number of aryl methyl sites for hydroxylation is 2. The molecule has 2 nitrogen and oxygen atoms in total. The van der Waals surface area contributed by atoms with E-state index in [-0.39, 0.29) is 0 Å². The molecule has 0 saturated carbocycles. The molecule has 14 heavy (non-hydrogen) atoms. The largest absolute Gasteiger partial charge is 0.398 e. The van der Waals surface area contributed by atoms with Gasteiger partial charge in [-0.05, 0) is 25.0 Å². The summed E-state index contributed by atoms with van der Waals surface area (Å²) >= 11 is 0. The van der Waals surface area contributed by atoms with Crippen molar-refractivity contribution < 1.29 is 0 Å². The van der Waals surface area contributed by atoms with Crippen molar-refractivity contribution >= 4 is 16.6 Å². The summed E-state index contributed by atoms with van der Waals surface area (Å²) in [6.07, 6.45) is 0.925. The number of rotatable bonds is 1. The minimum atomic E-state index is 0.829. The van der Waals surface area contributed by atoms with Gasteiger partial charge in [0.25, 0.3) is 0 Å². The Labute approximate surface area is 83.8 Å². The molecule has 2 aromatic rings. The number of hydrogen-bond donors (Lipinski definition) is 1. The Bertz CT molecular complexity index is 475. The van der Waals surface area contributed by atoms with Crippen molar-refractivity contribution in [1.82, 2.24) is 4.98 Å². The lowest BCUT2D eigenvalue weighted by molar-refractivity contribution is 1.06. The number of nitrogens with zero attached hydrogens (tertiary/aromatic N) is 1. The van der Waals surface area contributed by atoms with Crippen LogP contribution < -0.4 is 5.73 Å². The van der Waals surface area contributed by atoms with E-state index in [4.69, 9.17) is 5.73 Å². The van der Waals surface area contributed by atoms with Gasteiger partial charge in [0.2, 0.25) is 0 Å². The van der Waals surface area contributed by atoms with Crippen LogP contribution in [0.5, 0.6) is 0 Å². The van der Waals surface area contributed by atoms with E-state index in [0.29, 0.717) is 0 Å². The van der Waals surface area contributed by atoms with Crippen molar-refractivity contribution in [2.24, 2.45) is 0 Å². The molecule has 0 amide bonds. The van der Waals surface area contributed by atoms with Crippen LogP contribution in [0.25, 0.3) is 10.9 Å². The van der Waals surface area contributed by atoms with Crippen molar-refractivity contribution in [3.8, 4) is 0 Å². The minimum Gasteiger partial charge on any atom is -0.398 e. The second kappa shape index (κ2) is 3.29. The molecule has 0 saturated heterocycles. The van der Waals surface area contributed by atoms with Gasteiger partial charge < -0.3 is 5.73 Å². The fourth-order valence-electron chi connectivity index (χ4n) is 1.65. The molecule has 0 bridgehead atoms. The lowest BCUT2D eigenvalue weighted by Gasteiger charge is -2.06. The standard InChI is InChI=1S/C12H14N2/c1-3-9-7-11(13)10-6-4-5-8(2)12(10)14-9/h4-7H,3H2,1-2H3,(H2,13,14). The van der Waals surface area contributed by atoms with E-state index < -0.39 is 0 Å². The molecule has 1 heterocycles. The van der Waals surface area contributed by atoms with E-state index in [0.717, 1.165) is 28.7 Å². The van der Waals surface area contributed by atoms with Crippen LogP contribution in [-0.4, -0.2) is 4.98 Å². The minimum absolute atomic E-state index is 0.829. The third-order valence-electron chi connectivity index (χ3n) is 2.49. The number of para-hydroxylation sites is 1. The third-order valence-corrected chi connectivity index (χ3v) is 2.49. The highest BCUT2D eigenvalue weighted by molar-refractivity contribution is 5.92. The number of benzene rings is 1. The molecule has 0 fully saturated rings. The van der Waals surface area contributed by atoms with Gasteiger partial charge in [0.05, 0.1) is 5.52 Å². The van der Waals surface area contributed by atoms with Gasteiger partial charge in [0.15, 0.2) is 0 Å². The third kappa shape index (κ3) is 1.33. The molecular formula is C12H14N2. The number of hydrogen-bond acceptors (Lipinski definition) is 2. The molecule has 0 spiro atoms. The highest BCUT2D eigenvalue weighted by Crippen LogP contribution is 2.23. The summed E-state index contributed by atoms with van der Waals surface area (Å²) in [5, 5.41) is 1.06. The predicted molar refractivity (Wildman–Crippen MR) is 60.3 cm³/mol. The average molecular weight is 186 g/mol. The van der Waals surface area contributed by atoms with E-state index in [9.17, 15) is 0 Å². The van der Waals surface area contributed by atoms with E-state index in [1.807, 2.05) is 18.2 Å². The summed E-state index contributed by atoms with van der Waals surface area (Å²) in [6.45, 7) is 4.15. The number of nitrogens with two attached hydrogens (primary N) is 1. The molecule has 2 rings (SSSR count). The number of nitrogen functional groups attached to an aromatic ring is 1. The molecule has 0 unspecified atom stereocenters. The quantitative estimate of drug-likeness (QED) is 0.743. The summed E-state index contributed by atoms with van der Waals surface area (Å²) in [5.74, 6) is 0. The number of pyridine rings is 1. The average Bonchev–Trinajstić information content (AvgIpc) is 2.19. The summed E-state index contributed by atoms with van der Waals surface area (Å²) in [7, 11) is 0. The molecule has 1 aromatic heterocycles. The summed E-state index contributed by atoms with van der Waals surface area (Å²) in [6, 6.07) is 8.06. The van der Waals surface area contributed by atoms with Crippen molar-refractivity contribution in [2.45, 2.75) is 20.3 Å². The SMILES string of the molecule is CCc1cc(N)c2cccc(C)c2n1. The second-order valence-corrected chi connectivity index (χ2v) is 3.53. The maximum Gasteiger partial charge on any atom is 0.0755 e. The zero-order chi connectivity index (χ0) is 10.1. The summed E-state index contributed by atoms with van der Waals surface area (Å²) < 4.78 is 0. The van der Waals surface area contributed by atoms with Crippen LogP contribution in [0.3, 0.4) is 0 Å². The number of anilines is 1. The van der Waals surface area contributed by atoms with Gasteiger partial charge in [-0.3, -0.25) is 4.98 Å². The van der Waals surface area contributed by atoms with Crippen LogP contribution in [0, 0.1) is 6.92 Å².